The van der Waals surface area contributed by atoms with Crippen molar-refractivity contribution in [1.82, 2.24) is 9.97 Å². The molecule has 2 heterocycles. The van der Waals surface area contributed by atoms with E-state index in [1.54, 1.807) is 18.4 Å². The zero-order chi connectivity index (χ0) is 14.1. The molecule has 0 radical (unpaired) electrons. The topological polar surface area (TPSA) is 85.1 Å². The van der Waals surface area contributed by atoms with Crippen LogP contribution in [-0.2, 0) is 4.74 Å². The average molecular weight is 293 g/mol. The summed E-state index contributed by atoms with van der Waals surface area (Å²) in [5.41, 5.74) is 2.53. The molecule has 0 aromatic carbocycles. The number of hydrazine groups is 1. The van der Waals surface area contributed by atoms with Crippen LogP contribution < -0.4 is 16.6 Å². The van der Waals surface area contributed by atoms with Crippen LogP contribution in [0.5, 0.6) is 0 Å². The van der Waals surface area contributed by atoms with Crippen molar-refractivity contribution in [3.63, 3.8) is 0 Å². The Kier molecular flexibility index (Phi) is 3.73. The summed E-state index contributed by atoms with van der Waals surface area (Å²) >= 11 is 1.64. The minimum Gasteiger partial charge on any atom is -0.379 e. The fourth-order valence-corrected chi connectivity index (χ4v) is 3.64. The Morgan fingerprint density at radius 3 is 3.00 bits per heavy atom. The lowest BCUT2D eigenvalue weighted by Crippen LogP contribution is -2.30. The maximum atomic E-state index is 5.53. The van der Waals surface area contributed by atoms with E-state index in [1.165, 1.54) is 11.3 Å². The number of nitrogens with zero attached hydrogens (tertiary/aromatic N) is 2. The van der Waals surface area contributed by atoms with E-state index in [0.717, 1.165) is 28.9 Å². The number of ether oxygens (including phenoxy) is 1. The molecule has 0 aliphatic heterocycles. The highest BCUT2D eigenvalue weighted by molar-refractivity contribution is 7.18. The van der Waals surface area contributed by atoms with E-state index in [4.69, 9.17) is 10.6 Å². The molecular formula is C13H19N5OS. The summed E-state index contributed by atoms with van der Waals surface area (Å²) in [6.07, 6.45) is 3.61. The lowest BCUT2D eigenvalue weighted by Gasteiger charge is -2.20. The van der Waals surface area contributed by atoms with Crippen LogP contribution in [0.2, 0.25) is 0 Å². The van der Waals surface area contributed by atoms with Gasteiger partial charge >= 0.3 is 0 Å². The lowest BCUT2D eigenvalue weighted by atomic mass is 10.2. The molecule has 3 rings (SSSR count). The van der Waals surface area contributed by atoms with Gasteiger partial charge in [0.1, 0.15) is 10.6 Å². The predicted molar refractivity (Wildman–Crippen MR) is 82.0 cm³/mol. The van der Waals surface area contributed by atoms with Crippen LogP contribution in [0.25, 0.3) is 10.2 Å². The molecule has 108 valence electrons. The van der Waals surface area contributed by atoms with Gasteiger partial charge in [0.05, 0.1) is 17.5 Å². The average Bonchev–Trinajstić information content (AvgIpc) is 3.03. The summed E-state index contributed by atoms with van der Waals surface area (Å²) in [4.78, 5) is 11.0. The van der Waals surface area contributed by atoms with Crippen LogP contribution in [0.15, 0.2) is 6.07 Å². The van der Waals surface area contributed by atoms with Gasteiger partial charge < -0.3 is 10.1 Å². The van der Waals surface area contributed by atoms with Gasteiger partial charge in [-0.15, -0.1) is 11.3 Å². The number of fused-ring (bicyclic) bond motifs is 1. The van der Waals surface area contributed by atoms with Gasteiger partial charge in [0.2, 0.25) is 5.95 Å². The van der Waals surface area contributed by atoms with E-state index in [-0.39, 0.29) is 6.10 Å². The molecule has 0 bridgehead atoms. The minimum atomic E-state index is 0.244. The van der Waals surface area contributed by atoms with Crippen molar-refractivity contribution in [2.45, 2.75) is 38.3 Å². The maximum Gasteiger partial charge on any atom is 0.240 e. The summed E-state index contributed by atoms with van der Waals surface area (Å²) in [5, 5.41) is 4.56. The summed E-state index contributed by atoms with van der Waals surface area (Å²) in [6.45, 7) is 2.07. The van der Waals surface area contributed by atoms with Crippen molar-refractivity contribution in [2.24, 2.45) is 5.84 Å². The van der Waals surface area contributed by atoms with Gasteiger partial charge in [0.25, 0.3) is 0 Å². The van der Waals surface area contributed by atoms with Crippen LogP contribution in [0, 0.1) is 6.92 Å². The fourth-order valence-electron chi connectivity index (χ4n) is 2.77. The second-order valence-electron chi connectivity index (χ2n) is 5.07. The van der Waals surface area contributed by atoms with E-state index in [0.29, 0.717) is 12.0 Å². The maximum absolute atomic E-state index is 5.53. The van der Waals surface area contributed by atoms with E-state index in [1.807, 2.05) is 0 Å². The first kappa shape index (κ1) is 13.5. The third-order valence-corrected chi connectivity index (χ3v) is 4.67. The van der Waals surface area contributed by atoms with Crippen LogP contribution in [0.4, 0.5) is 11.8 Å². The Hall–Kier alpha value is -1.44. The highest BCUT2D eigenvalue weighted by Gasteiger charge is 2.28. The lowest BCUT2D eigenvalue weighted by molar-refractivity contribution is 0.101. The normalized spacial score (nSPS) is 22.4. The van der Waals surface area contributed by atoms with Crippen molar-refractivity contribution in [3.8, 4) is 0 Å². The Morgan fingerprint density at radius 2 is 2.25 bits per heavy atom. The standard InChI is InChI=1S/C13H19N5OS/c1-7-6-8-11(15-9-4-3-5-10(9)19-2)16-13(18-14)17-12(8)20-7/h6,9-10H,3-5,14H2,1-2H3,(H2,15,16,17,18). The molecule has 6 nitrogen and oxygen atoms in total. The van der Waals surface area contributed by atoms with Crippen LogP contribution >= 0.6 is 11.3 Å². The number of aryl methyl sites for hydroxylation is 1. The third-order valence-electron chi connectivity index (χ3n) is 3.72. The highest BCUT2D eigenvalue weighted by Crippen LogP contribution is 2.32. The number of nitrogens with two attached hydrogens (primary N) is 1. The molecule has 2 aromatic rings. The van der Waals surface area contributed by atoms with Crippen molar-refractivity contribution in [3.05, 3.63) is 10.9 Å². The van der Waals surface area contributed by atoms with E-state index in [9.17, 15) is 0 Å². The second-order valence-corrected chi connectivity index (χ2v) is 6.31. The van der Waals surface area contributed by atoms with Crippen LogP contribution in [0.1, 0.15) is 24.1 Å². The molecule has 0 amide bonds. The van der Waals surface area contributed by atoms with Gasteiger partial charge in [-0.05, 0) is 32.3 Å². The first-order valence-corrected chi connectivity index (χ1v) is 7.57. The first-order valence-electron chi connectivity index (χ1n) is 6.75. The van der Waals surface area contributed by atoms with Crippen molar-refractivity contribution >= 4 is 33.3 Å². The number of aromatic nitrogens is 2. The summed E-state index contributed by atoms with van der Waals surface area (Å²) in [7, 11) is 1.77. The number of hydrogen-bond donors (Lipinski definition) is 3. The quantitative estimate of drug-likeness (QED) is 0.592. The first-order chi connectivity index (χ1) is 9.71. The SMILES string of the molecule is COC1CCCC1Nc1nc(NN)nc2sc(C)cc12. The molecule has 1 saturated carbocycles. The van der Waals surface area contributed by atoms with Gasteiger partial charge in [-0.25, -0.2) is 10.8 Å². The molecule has 2 unspecified atom stereocenters. The molecule has 7 heteroatoms. The molecule has 0 spiro atoms. The largest absolute Gasteiger partial charge is 0.379 e. The summed E-state index contributed by atoms with van der Waals surface area (Å²) < 4.78 is 5.53. The number of nitrogen functional groups attached to an aromatic ring is 1. The number of hydrogen-bond acceptors (Lipinski definition) is 7. The van der Waals surface area contributed by atoms with E-state index < -0.39 is 0 Å². The zero-order valence-corrected chi connectivity index (χ0v) is 12.5. The Bertz CT molecular complexity index is 614. The minimum absolute atomic E-state index is 0.244. The number of thiophene rings is 1. The van der Waals surface area contributed by atoms with Gasteiger partial charge in [-0.3, -0.25) is 5.43 Å². The van der Waals surface area contributed by atoms with Crippen LogP contribution in [-0.4, -0.2) is 29.2 Å². The molecule has 20 heavy (non-hydrogen) atoms. The Morgan fingerprint density at radius 1 is 1.40 bits per heavy atom. The monoisotopic (exact) mass is 293 g/mol. The van der Waals surface area contributed by atoms with E-state index in [2.05, 4.69) is 33.7 Å². The molecule has 2 aromatic heterocycles. The van der Waals surface area contributed by atoms with Gasteiger partial charge in [-0.2, -0.15) is 4.98 Å². The summed E-state index contributed by atoms with van der Waals surface area (Å²) in [6, 6.07) is 2.41. The van der Waals surface area contributed by atoms with Gasteiger partial charge in [-0.1, -0.05) is 0 Å². The molecule has 4 N–H and O–H groups in total. The second kappa shape index (κ2) is 5.51. The number of nitrogens with one attached hydrogen (secondary N) is 2. The smallest absolute Gasteiger partial charge is 0.240 e. The Balaban J connectivity index is 1.96. The van der Waals surface area contributed by atoms with Gasteiger partial charge in [0, 0.05) is 12.0 Å². The molecule has 1 aliphatic rings. The zero-order valence-electron chi connectivity index (χ0n) is 11.6. The number of rotatable bonds is 4. The summed E-state index contributed by atoms with van der Waals surface area (Å²) in [5.74, 6) is 6.73. The molecule has 1 aliphatic carbocycles. The number of methoxy groups -OCH3 is 1. The Labute approximate surface area is 121 Å². The predicted octanol–water partition coefficient (Wildman–Crippen LogP) is 2.26. The molecule has 2 atom stereocenters. The van der Waals surface area contributed by atoms with Crippen molar-refractivity contribution in [2.75, 3.05) is 17.9 Å². The fraction of sp³-hybridized carbons (Fsp3) is 0.538. The third kappa shape index (κ3) is 2.44. The van der Waals surface area contributed by atoms with Crippen molar-refractivity contribution < 1.29 is 4.74 Å². The van der Waals surface area contributed by atoms with Crippen LogP contribution in [0.3, 0.4) is 0 Å². The van der Waals surface area contributed by atoms with Crippen molar-refractivity contribution in [1.29, 1.82) is 0 Å². The molecule has 1 fully saturated rings. The van der Waals surface area contributed by atoms with E-state index >= 15 is 0 Å². The number of anilines is 2. The highest BCUT2D eigenvalue weighted by atomic mass is 32.1. The van der Waals surface area contributed by atoms with Gasteiger partial charge in [0.15, 0.2) is 0 Å². The molecular weight excluding hydrogens is 274 g/mol. The molecule has 0 saturated heterocycles.